The third-order valence-corrected chi connectivity index (χ3v) is 10.9. The first-order valence-corrected chi connectivity index (χ1v) is 18.4. The van der Waals surface area contributed by atoms with Crippen molar-refractivity contribution in [2.45, 2.75) is 98.6 Å². The van der Waals surface area contributed by atoms with E-state index in [2.05, 4.69) is 0 Å². The molecule has 24 nitrogen and oxygen atoms in total. The van der Waals surface area contributed by atoms with Crippen LogP contribution in [0.25, 0.3) is 0 Å². The van der Waals surface area contributed by atoms with Gasteiger partial charge in [0.25, 0.3) is 0 Å². The summed E-state index contributed by atoms with van der Waals surface area (Å²) in [5, 5.41) is 119. The zero-order valence-corrected chi connectivity index (χ0v) is 40.0. The van der Waals surface area contributed by atoms with E-state index in [1.54, 1.807) is 21.1 Å². The molecule has 0 aromatic rings. The molecule has 0 heterocycles. The number of hydrogen-bond acceptors (Lipinski definition) is 18. The molecular weight excluding hydrogens is 1280 g/mol. The Hall–Kier alpha value is 0.0803. The average molecular weight is 1340 g/mol. The van der Waals surface area contributed by atoms with Crippen molar-refractivity contribution in [2.75, 3.05) is 81.6 Å². The molecule has 0 bridgehead atoms. The minimum absolute atomic E-state index is 0. The van der Waals surface area contributed by atoms with E-state index in [0.717, 1.165) is 0 Å². The van der Waals surface area contributed by atoms with Crippen molar-refractivity contribution in [3.05, 3.63) is 0 Å². The summed E-state index contributed by atoms with van der Waals surface area (Å²) in [6, 6.07) is -4.10. The molecule has 372 valence electrons. The van der Waals surface area contributed by atoms with Crippen molar-refractivity contribution in [3.63, 3.8) is 0 Å². The summed E-state index contributed by atoms with van der Waals surface area (Å²) in [6.45, 7) is -0.261. The molecule has 0 amide bonds. The number of hydrogen-bond donors (Lipinski definition) is 12. The van der Waals surface area contributed by atoms with E-state index in [0.29, 0.717) is 0 Å². The first-order chi connectivity index (χ1) is 26.7. The summed E-state index contributed by atoms with van der Waals surface area (Å²) in [5.41, 5.74) is -4.15. The second kappa shape index (κ2) is 29.7. The molecule has 0 aliphatic heterocycles. The zero-order chi connectivity index (χ0) is 45.0. The molecule has 2 fully saturated rings. The van der Waals surface area contributed by atoms with Crippen LogP contribution in [0.4, 0.5) is 0 Å². The molecule has 0 radical (unpaired) electrons. The van der Waals surface area contributed by atoms with Crippen LogP contribution in [0.1, 0.15) is 38.5 Å². The van der Waals surface area contributed by atoms with E-state index < -0.39 is 95.8 Å². The maximum absolute atomic E-state index is 11.1. The zero-order valence-electron chi connectivity index (χ0n) is 34.5. The van der Waals surface area contributed by atoms with E-state index in [1.165, 1.54) is 50.5 Å². The van der Waals surface area contributed by atoms with Gasteiger partial charge in [-0.2, -0.15) is 0 Å². The Morgan fingerprint density at radius 3 is 0.803 bits per heavy atom. The van der Waals surface area contributed by atoms with Crippen molar-refractivity contribution in [1.82, 2.24) is 29.4 Å². The number of carboxylic acid groups (broad SMARTS) is 6. The van der Waals surface area contributed by atoms with Crippen LogP contribution >= 0.6 is 0 Å². The SMILES string of the molecule is CN(CCC(=O)O)C1C(O)(N(C)CCC(=O)O)C(O)C1(O)N(C)CCC(=O)O.CN(CCC(=O)O)C1C(O)C(N(C)CCC(=O)O)C(O)C(N(C)CCC(=O)O)C1O.[Er].[Er].[Er]. The molecule has 0 saturated heterocycles. The van der Waals surface area contributed by atoms with E-state index in [9.17, 15) is 59.4 Å². The monoisotopic (exact) mass is 1340 g/mol. The molecule has 2 saturated carbocycles. The second-order valence-corrected chi connectivity index (χ2v) is 14.9. The number of aliphatic hydroxyl groups excluding tert-OH is 4. The first-order valence-electron chi connectivity index (χ1n) is 18.4. The fraction of sp³-hybridized carbons (Fsp3) is 0.824. The molecule has 0 aromatic carbocycles. The quantitative estimate of drug-likeness (QED) is 0.0402. The Kier molecular flexibility index (Phi) is 31.8. The van der Waals surface area contributed by atoms with Gasteiger partial charge in [0.15, 0.2) is 11.4 Å². The number of aliphatic carboxylic acids is 6. The van der Waals surface area contributed by atoms with Gasteiger partial charge < -0.3 is 61.3 Å². The van der Waals surface area contributed by atoms with Gasteiger partial charge in [-0.05, 0) is 42.3 Å². The molecule has 61 heavy (non-hydrogen) atoms. The Morgan fingerprint density at radius 1 is 0.393 bits per heavy atom. The minimum atomic E-state index is -2.07. The van der Waals surface area contributed by atoms with Crippen molar-refractivity contribution in [2.24, 2.45) is 0 Å². The summed E-state index contributed by atoms with van der Waals surface area (Å²) < 4.78 is 0. The maximum atomic E-state index is 11.1. The van der Waals surface area contributed by atoms with Crippen LogP contribution < -0.4 is 0 Å². The molecule has 2 rings (SSSR count). The number of rotatable bonds is 24. The van der Waals surface area contributed by atoms with E-state index >= 15 is 0 Å². The van der Waals surface area contributed by atoms with Crippen molar-refractivity contribution in [3.8, 4) is 0 Å². The van der Waals surface area contributed by atoms with Gasteiger partial charge in [-0.25, -0.2) is 0 Å². The van der Waals surface area contributed by atoms with E-state index in [1.807, 2.05) is 0 Å². The van der Waals surface area contributed by atoms with Gasteiger partial charge in [0, 0.05) is 151 Å². The first kappa shape index (κ1) is 65.4. The Balaban J connectivity index is -0.00000105. The second-order valence-electron chi connectivity index (χ2n) is 14.9. The fourth-order valence-corrected chi connectivity index (χ4v) is 7.64. The maximum Gasteiger partial charge on any atom is 0.304 e. The summed E-state index contributed by atoms with van der Waals surface area (Å²) in [5.74, 6) is -6.48. The van der Waals surface area contributed by atoms with Gasteiger partial charge in [0.2, 0.25) is 0 Å². The number of likely N-dealkylation sites (N-methyl/N-ethyl adjacent to an activating group) is 6. The van der Waals surface area contributed by atoms with Crippen molar-refractivity contribution in [1.29, 1.82) is 0 Å². The standard InChI is InChI=1S/C18H33N3O9.C16H29N3O9.3Er/c1-19(7-4-10(22)23)13-16(28)14(20(2)8-5-11(24)25)18(30)15(17(13)29)21(3)9-6-12(26)27;1-17(7-4-10(20)21)13-15(27,18(2)8-5-11(22)23)14(26)16(13,28)19(3)9-6-12(24)25;;;/h13-18,28-30H,4-9H2,1-3H3,(H,22,23)(H,24,25)(H,26,27);13-14,26-28H,4-9H2,1-3H3,(H,20,21)(H,22,23)(H,24,25);;;. The Bertz CT molecular complexity index is 1300. The fourth-order valence-electron chi connectivity index (χ4n) is 7.64. The summed E-state index contributed by atoms with van der Waals surface area (Å²) in [6.07, 6.45) is -7.35. The summed E-state index contributed by atoms with van der Waals surface area (Å²) in [7, 11) is 8.83. The van der Waals surface area contributed by atoms with Crippen LogP contribution in [0, 0.1) is 112 Å². The molecule has 12 N–H and O–H groups in total. The minimum Gasteiger partial charge on any atom is -0.481 e. The largest absolute Gasteiger partial charge is 0.481 e. The van der Waals surface area contributed by atoms with Gasteiger partial charge in [-0.1, -0.05) is 0 Å². The van der Waals surface area contributed by atoms with Gasteiger partial charge in [0.05, 0.1) is 75.0 Å². The predicted octanol–water partition coefficient (Wildman–Crippen LogP) is -5.27. The molecular formula is C34H62Er3N6O18. The molecule has 2 unspecified atom stereocenters. The van der Waals surface area contributed by atoms with E-state index in [4.69, 9.17) is 30.6 Å². The van der Waals surface area contributed by atoms with Crippen molar-refractivity contribution >= 4 is 35.8 Å². The van der Waals surface area contributed by atoms with Crippen LogP contribution in [0.5, 0.6) is 0 Å². The Labute approximate surface area is 442 Å². The van der Waals surface area contributed by atoms with Gasteiger partial charge >= 0.3 is 35.8 Å². The molecule has 27 heteroatoms. The van der Waals surface area contributed by atoms with Crippen molar-refractivity contribution < 1.29 is 202 Å². The topological polar surface area (TPSA) is 365 Å². The third kappa shape index (κ3) is 18.0. The van der Waals surface area contributed by atoms with Gasteiger partial charge in [-0.15, -0.1) is 0 Å². The Morgan fingerprint density at radius 2 is 0.590 bits per heavy atom. The molecule has 2 atom stereocenters. The summed E-state index contributed by atoms with van der Waals surface area (Å²) >= 11 is 0. The van der Waals surface area contributed by atoms with E-state index in [-0.39, 0.29) is 190 Å². The molecule has 0 spiro atoms. The molecule has 2 aliphatic carbocycles. The van der Waals surface area contributed by atoms with Crippen LogP contribution in [0.2, 0.25) is 0 Å². The van der Waals surface area contributed by atoms with Crippen LogP contribution in [0.15, 0.2) is 0 Å². The number of carbonyl (C=O) groups is 6. The van der Waals surface area contributed by atoms with Crippen LogP contribution in [0.3, 0.4) is 0 Å². The normalized spacial score (nSPS) is 28.2. The van der Waals surface area contributed by atoms with Gasteiger partial charge in [0.1, 0.15) is 12.1 Å². The summed E-state index contributed by atoms with van der Waals surface area (Å²) in [4.78, 5) is 73.5. The number of carboxylic acids is 6. The van der Waals surface area contributed by atoms with Crippen LogP contribution in [-0.4, -0.2) is 268 Å². The predicted molar refractivity (Wildman–Crippen MR) is 198 cm³/mol. The molecule has 0 aromatic heterocycles. The van der Waals surface area contributed by atoms with Crippen LogP contribution in [-0.2, 0) is 28.8 Å². The number of nitrogens with zero attached hydrogens (tertiary/aromatic N) is 6. The average Bonchev–Trinajstić information content (AvgIpc) is 3.12. The molecule has 2 aliphatic rings. The third-order valence-electron chi connectivity index (χ3n) is 10.9. The number of aliphatic hydroxyl groups is 6. The smallest absolute Gasteiger partial charge is 0.304 e. The van der Waals surface area contributed by atoms with Gasteiger partial charge in [-0.3, -0.25) is 58.2 Å².